The largest absolute Gasteiger partial charge is 0.342 e. The number of amides is 1. The molecule has 1 saturated heterocycles. The van der Waals surface area contributed by atoms with Crippen LogP contribution in [0.4, 0.5) is 0 Å². The van der Waals surface area contributed by atoms with Gasteiger partial charge >= 0.3 is 0 Å². The van der Waals surface area contributed by atoms with Crippen LogP contribution in [0, 0.1) is 0 Å². The molecule has 100 valence electrons. The van der Waals surface area contributed by atoms with Crippen LogP contribution in [0.3, 0.4) is 0 Å². The van der Waals surface area contributed by atoms with Gasteiger partial charge < -0.3 is 10.2 Å². The fraction of sp³-hybridized carbons (Fsp3) is 0.917. The molecule has 1 heterocycles. The lowest BCUT2D eigenvalue weighted by Crippen LogP contribution is -2.40. The van der Waals surface area contributed by atoms with E-state index in [9.17, 15) is 9.00 Å². The van der Waals surface area contributed by atoms with Crippen molar-refractivity contribution in [2.75, 3.05) is 31.1 Å². The SMILES string of the molecule is CCNC(C)CS(=O)CC(=O)N1CCCCC1. The zero-order valence-corrected chi connectivity index (χ0v) is 11.7. The summed E-state index contributed by atoms with van der Waals surface area (Å²) < 4.78 is 11.8. The number of nitrogens with one attached hydrogen (secondary N) is 1. The Kier molecular flexibility index (Phi) is 6.73. The van der Waals surface area contributed by atoms with Crippen LogP contribution in [0.25, 0.3) is 0 Å². The second-order valence-corrected chi connectivity index (χ2v) is 6.15. The van der Waals surface area contributed by atoms with Gasteiger partial charge in [0.25, 0.3) is 0 Å². The molecule has 2 atom stereocenters. The van der Waals surface area contributed by atoms with Crippen LogP contribution in [0.2, 0.25) is 0 Å². The topological polar surface area (TPSA) is 49.4 Å². The third-order valence-corrected chi connectivity index (χ3v) is 4.42. The predicted octanol–water partition coefficient (Wildman–Crippen LogP) is 0.746. The third-order valence-electron chi connectivity index (χ3n) is 2.98. The van der Waals surface area contributed by atoms with Crippen LogP contribution in [-0.2, 0) is 15.6 Å². The van der Waals surface area contributed by atoms with E-state index in [2.05, 4.69) is 5.32 Å². The molecule has 1 fully saturated rings. The van der Waals surface area contributed by atoms with Gasteiger partial charge in [-0.1, -0.05) is 6.92 Å². The van der Waals surface area contributed by atoms with E-state index in [0.717, 1.165) is 32.5 Å². The molecule has 1 aliphatic rings. The lowest BCUT2D eigenvalue weighted by molar-refractivity contribution is -0.129. The summed E-state index contributed by atoms with van der Waals surface area (Å²) in [5.74, 6) is 0.815. The fourth-order valence-electron chi connectivity index (χ4n) is 2.12. The minimum atomic E-state index is -1.04. The molecule has 0 aromatic carbocycles. The van der Waals surface area contributed by atoms with Crippen molar-refractivity contribution in [2.24, 2.45) is 0 Å². The highest BCUT2D eigenvalue weighted by Crippen LogP contribution is 2.09. The number of hydrogen-bond acceptors (Lipinski definition) is 3. The first kappa shape index (κ1) is 14.6. The molecule has 0 aliphatic carbocycles. The molecule has 0 aromatic rings. The first-order valence-electron chi connectivity index (χ1n) is 6.49. The Balaban J connectivity index is 2.27. The molecule has 0 saturated carbocycles. The monoisotopic (exact) mass is 260 g/mol. The molecule has 0 radical (unpaired) electrons. The Morgan fingerprint density at radius 2 is 2.00 bits per heavy atom. The lowest BCUT2D eigenvalue weighted by Gasteiger charge is -2.26. The van der Waals surface area contributed by atoms with E-state index in [1.807, 2.05) is 18.7 Å². The summed E-state index contributed by atoms with van der Waals surface area (Å²) in [6, 6.07) is 0.218. The number of hydrogen-bond donors (Lipinski definition) is 1. The van der Waals surface area contributed by atoms with Gasteiger partial charge in [-0.05, 0) is 32.7 Å². The van der Waals surface area contributed by atoms with Crippen LogP contribution >= 0.6 is 0 Å². The van der Waals surface area contributed by atoms with Crippen LogP contribution in [-0.4, -0.2) is 52.2 Å². The number of rotatable bonds is 6. The molecular formula is C12H24N2O2S. The quantitative estimate of drug-likeness (QED) is 0.766. The summed E-state index contributed by atoms with van der Waals surface area (Å²) in [4.78, 5) is 13.7. The molecule has 2 unspecified atom stereocenters. The normalized spacial score (nSPS) is 20.0. The van der Waals surface area contributed by atoms with E-state index in [1.165, 1.54) is 6.42 Å². The van der Waals surface area contributed by atoms with E-state index in [4.69, 9.17) is 0 Å². The minimum Gasteiger partial charge on any atom is -0.342 e. The standard InChI is InChI=1S/C12H24N2O2S/c1-3-13-11(2)9-17(16)10-12(15)14-7-5-4-6-8-14/h11,13H,3-10H2,1-2H3. The molecule has 0 spiro atoms. The van der Waals surface area contributed by atoms with Gasteiger partial charge in [-0.3, -0.25) is 9.00 Å². The third kappa shape index (κ3) is 5.64. The molecular weight excluding hydrogens is 236 g/mol. The van der Waals surface area contributed by atoms with Crippen molar-refractivity contribution in [1.82, 2.24) is 10.2 Å². The molecule has 0 bridgehead atoms. The first-order chi connectivity index (χ1) is 8.13. The van der Waals surface area contributed by atoms with Gasteiger partial charge in [0.15, 0.2) is 0 Å². The predicted molar refractivity (Wildman–Crippen MR) is 71.4 cm³/mol. The van der Waals surface area contributed by atoms with Crippen LogP contribution < -0.4 is 5.32 Å². The van der Waals surface area contributed by atoms with Crippen molar-refractivity contribution < 1.29 is 9.00 Å². The number of nitrogens with zero attached hydrogens (tertiary/aromatic N) is 1. The molecule has 0 aromatic heterocycles. The van der Waals surface area contributed by atoms with Crippen molar-refractivity contribution in [3.63, 3.8) is 0 Å². The molecule has 4 nitrogen and oxygen atoms in total. The summed E-state index contributed by atoms with van der Waals surface area (Å²) in [6.45, 7) is 6.60. The second-order valence-electron chi connectivity index (χ2n) is 4.65. The van der Waals surface area contributed by atoms with Gasteiger partial charge in [0.1, 0.15) is 5.75 Å². The van der Waals surface area contributed by atoms with Gasteiger partial charge in [0.05, 0.1) is 0 Å². The minimum absolute atomic E-state index is 0.0618. The van der Waals surface area contributed by atoms with Gasteiger partial charge in [-0.15, -0.1) is 0 Å². The smallest absolute Gasteiger partial charge is 0.235 e. The van der Waals surface area contributed by atoms with Crippen molar-refractivity contribution >= 4 is 16.7 Å². The molecule has 1 rings (SSSR count). The van der Waals surface area contributed by atoms with Crippen LogP contribution in [0.1, 0.15) is 33.1 Å². The van der Waals surface area contributed by atoms with E-state index in [-0.39, 0.29) is 17.7 Å². The summed E-state index contributed by atoms with van der Waals surface area (Å²) in [7, 11) is -1.04. The first-order valence-corrected chi connectivity index (χ1v) is 7.98. The average molecular weight is 260 g/mol. The highest BCUT2D eigenvalue weighted by Gasteiger charge is 2.19. The Morgan fingerprint density at radius 1 is 1.35 bits per heavy atom. The molecule has 5 heteroatoms. The maximum absolute atomic E-state index is 11.9. The maximum atomic E-state index is 11.9. The molecule has 1 amide bonds. The number of carbonyl (C=O) groups is 1. The van der Waals surface area contributed by atoms with E-state index < -0.39 is 10.8 Å². The molecule has 17 heavy (non-hydrogen) atoms. The van der Waals surface area contributed by atoms with E-state index in [1.54, 1.807) is 0 Å². The van der Waals surface area contributed by atoms with E-state index >= 15 is 0 Å². The second kappa shape index (κ2) is 7.82. The Bertz CT molecular complexity index is 265. The summed E-state index contributed by atoms with van der Waals surface area (Å²) in [5, 5.41) is 3.21. The Hall–Kier alpha value is -0.420. The van der Waals surface area contributed by atoms with Crippen molar-refractivity contribution in [1.29, 1.82) is 0 Å². The van der Waals surface area contributed by atoms with Gasteiger partial charge in [-0.25, -0.2) is 0 Å². The summed E-state index contributed by atoms with van der Waals surface area (Å²) >= 11 is 0. The highest BCUT2D eigenvalue weighted by molar-refractivity contribution is 7.85. The van der Waals surface area contributed by atoms with Gasteiger partial charge in [0, 0.05) is 35.7 Å². The molecule has 1 aliphatic heterocycles. The Labute approximate surface area is 107 Å². The van der Waals surface area contributed by atoms with Crippen molar-refractivity contribution in [2.45, 2.75) is 39.2 Å². The number of carbonyl (C=O) groups excluding carboxylic acids is 1. The van der Waals surface area contributed by atoms with Crippen LogP contribution in [0.15, 0.2) is 0 Å². The van der Waals surface area contributed by atoms with E-state index in [0.29, 0.717) is 5.75 Å². The maximum Gasteiger partial charge on any atom is 0.235 e. The highest BCUT2D eigenvalue weighted by atomic mass is 32.2. The fourth-order valence-corrected chi connectivity index (χ4v) is 3.37. The zero-order chi connectivity index (χ0) is 12.7. The van der Waals surface area contributed by atoms with Gasteiger partial charge in [-0.2, -0.15) is 0 Å². The van der Waals surface area contributed by atoms with Crippen LogP contribution in [0.5, 0.6) is 0 Å². The summed E-state index contributed by atoms with van der Waals surface area (Å²) in [6.07, 6.45) is 3.39. The molecule has 1 N–H and O–H groups in total. The van der Waals surface area contributed by atoms with Crippen molar-refractivity contribution in [3.05, 3.63) is 0 Å². The van der Waals surface area contributed by atoms with Crippen molar-refractivity contribution in [3.8, 4) is 0 Å². The average Bonchev–Trinajstić information content (AvgIpc) is 2.30. The lowest BCUT2D eigenvalue weighted by atomic mass is 10.1. The Morgan fingerprint density at radius 3 is 2.59 bits per heavy atom. The van der Waals surface area contributed by atoms with Gasteiger partial charge in [0.2, 0.25) is 5.91 Å². The number of piperidine rings is 1. The number of likely N-dealkylation sites (tertiary alicyclic amines) is 1. The summed E-state index contributed by atoms with van der Waals surface area (Å²) in [5.41, 5.74) is 0. The zero-order valence-electron chi connectivity index (χ0n) is 10.9.